The lowest BCUT2D eigenvalue weighted by molar-refractivity contribution is 0.524. The highest BCUT2D eigenvalue weighted by atomic mass is 35.5. The summed E-state index contributed by atoms with van der Waals surface area (Å²) >= 11 is 5.91. The fraction of sp³-hybridized carbons (Fsp3) is 0.333. The quantitative estimate of drug-likeness (QED) is 0.467. The van der Waals surface area contributed by atoms with Crippen LogP contribution >= 0.6 is 11.6 Å². The van der Waals surface area contributed by atoms with Gasteiger partial charge in [-0.05, 0) is 31.0 Å². The van der Waals surface area contributed by atoms with E-state index in [0.717, 1.165) is 23.4 Å². The van der Waals surface area contributed by atoms with Crippen LogP contribution in [0.4, 0.5) is 0 Å². The number of hydrazine groups is 1. The van der Waals surface area contributed by atoms with Crippen LogP contribution in [0.15, 0.2) is 24.3 Å². The molecular formula is C12H15ClN2. The topological polar surface area (TPSA) is 38.0 Å². The number of nitrogens with two attached hydrogens (primary N) is 1. The van der Waals surface area contributed by atoms with E-state index in [-0.39, 0.29) is 6.04 Å². The molecule has 0 amide bonds. The second-order valence-corrected chi connectivity index (χ2v) is 3.68. The third kappa shape index (κ3) is 3.93. The van der Waals surface area contributed by atoms with Gasteiger partial charge in [0, 0.05) is 17.5 Å². The number of benzene rings is 1. The highest BCUT2D eigenvalue weighted by molar-refractivity contribution is 6.30. The first-order chi connectivity index (χ1) is 7.27. The Kier molecular flexibility index (Phi) is 5.20. The molecule has 0 saturated carbocycles. The molecule has 2 nitrogen and oxygen atoms in total. The Labute approximate surface area is 95.8 Å². The van der Waals surface area contributed by atoms with Crippen molar-refractivity contribution in [2.45, 2.75) is 25.8 Å². The van der Waals surface area contributed by atoms with Gasteiger partial charge in [-0.2, -0.15) is 0 Å². The molecule has 1 rings (SSSR count). The standard InChI is InChI=1S/C12H15ClN2/c1-2-3-4-8-12(15-14)10-6-5-7-11(13)9-10/h5-7,9,12,15H,4,8,14H2,1H3. The molecule has 0 saturated heterocycles. The van der Waals surface area contributed by atoms with Crippen LogP contribution in [0.3, 0.4) is 0 Å². The highest BCUT2D eigenvalue weighted by Crippen LogP contribution is 2.20. The van der Waals surface area contributed by atoms with E-state index < -0.39 is 0 Å². The maximum atomic E-state index is 5.91. The summed E-state index contributed by atoms with van der Waals surface area (Å²) in [5.41, 5.74) is 3.88. The van der Waals surface area contributed by atoms with Crippen LogP contribution < -0.4 is 11.3 Å². The molecule has 0 radical (unpaired) electrons. The third-order valence-electron chi connectivity index (χ3n) is 2.19. The maximum Gasteiger partial charge on any atom is 0.0469 e. The van der Waals surface area contributed by atoms with Crippen molar-refractivity contribution in [2.24, 2.45) is 5.84 Å². The van der Waals surface area contributed by atoms with Crippen molar-refractivity contribution in [1.29, 1.82) is 0 Å². The number of nitrogens with one attached hydrogen (secondary N) is 1. The molecule has 3 heteroatoms. The zero-order chi connectivity index (χ0) is 11.1. The fourth-order valence-corrected chi connectivity index (χ4v) is 1.61. The summed E-state index contributed by atoms with van der Waals surface area (Å²) in [6.45, 7) is 1.84. The summed E-state index contributed by atoms with van der Waals surface area (Å²) < 4.78 is 0. The second-order valence-electron chi connectivity index (χ2n) is 3.24. The first-order valence-electron chi connectivity index (χ1n) is 4.89. The van der Waals surface area contributed by atoms with Gasteiger partial charge in [0.15, 0.2) is 0 Å². The lowest BCUT2D eigenvalue weighted by Gasteiger charge is -2.14. The van der Waals surface area contributed by atoms with Gasteiger partial charge in [-0.3, -0.25) is 11.3 Å². The zero-order valence-electron chi connectivity index (χ0n) is 8.76. The van der Waals surface area contributed by atoms with Gasteiger partial charge in [0.05, 0.1) is 0 Å². The second kappa shape index (κ2) is 6.47. The number of halogens is 1. The van der Waals surface area contributed by atoms with Crippen LogP contribution in [-0.4, -0.2) is 0 Å². The van der Waals surface area contributed by atoms with E-state index in [9.17, 15) is 0 Å². The minimum Gasteiger partial charge on any atom is -0.271 e. The summed E-state index contributed by atoms with van der Waals surface area (Å²) in [7, 11) is 0. The van der Waals surface area contributed by atoms with Gasteiger partial charge in [0.25, 0.3) is 0 Å². The fourth-order valence-electron chi connectivity index (χ4n) is 1.41. The van der Waals surface area contributed by atoms with E-state index in [4.69, 9.17) is 17.4 Å². The van der Waals surface area contributed by atoms with Crippen LogP contribution in [0.5, 0.6) is 0 Å². The molecule has 15 heavy (non-hydrogen) atoms. The van der Waals surface area contributed by atoms with Gasteiger partial charge < -0.3 is 0 Å². The van der Waals surface area contributed by atoms with E-state index in [1.165, 1.54) is 0 Å². The van der Waals surface area contributed by atoms with Gasteiger partial charge >= 0.3 is 0 Å². The van der Waals surface area contributed by atoms with Gasteiger partial charge in [0.1, 0.15) is 0 Å². The zero-order valence-corrected chi connectivity index (χ0v) is 9.51. The Bertz CT molecular complexity index is 365. The Morgan fingerprint density at radius 1 is 1.53 bits per heavy atom. The Morgan fingerprint density at radius 3 is 2.93 bits per heavy atom. The van der Waals surface area contributed by atoms with Crippen LogP contribution in [0.25, 0.3) is 0 Å². The van der Waals surface area contributed by atoms with Crippen molar-refractivity contribution < 1.29 is 0 Å². The molecule has 0 aromatic heterocycles. The molecule has 1 atom stereocenters. The van der Waals surface area contributed by atoms with E-state index in [1.807, 2.05) is 31.2 Å². The van der Waals surface area contributed by atoms with Gasteiger partial charge in [0.2, 0.25) is 0 Å². The predicted molar refractivity (Wildman–Crippen MR) is 64.2 cm³/mol. The minimum atomic E-state index is 0.115. The first-order valence-corrected chi connectivity index (χ1v) is 5.27. The van der Waals surface area contributed by atoms with Gasteiger partial charge in [-0.15, -0.1) is 11.8 Å². The summed E-state index contributed by atoms with van der Waals surface area (Å²) in [6.07, 6.45) is 1.72. The minimum absolute atomic E-state index is 0.115. The Balaban J connectivity index is 2.68. The average molecular weight is 223 g/mol. The predicted octanol–water partition coefficient (Wildman–Crippen LogP) is 2.65. The van der Waals surface area contributed by atoms with Crippen LogP contribution in [0, 0.1) is 11.8 Å². The molecule has 80 valence electrons. The molecule has 0 aliphatic carbocycles. The van der Waals surface area contributed by atoms with Crippen molar-refractivity contribution >= 4 is 11.6 Å². The molecule has 1 aromatic carbocycles. The maximum absolute atomic E-state index is 5.91. The molecule has 1 unspecified atom stereocenters. The SMILES string of the molecule is CC#CCCC(NN)c1cccc(Cl)c1. The van der Waals surface area contributed by atoms with E-state index in [1.54, 1.807) is 0 Å². The van der Waals surface area contributed by atoms with Crippen LogP contribution in [0.2, 0.25) is 5.02 Å². The Hall–Kier alpha value is -1.01. The number of hydrogen-bond acceptors (Lipinski definition) is 2. The lowest BCUT2D eigenvalue weighted by atomic mass is 10.0. The van der Waals surface area contributed by atoms with Crippen molar-refractivity contribution in [2.75, 3.05) is 0 Å². The summed E-state index contributed by atoms with van der Waals surface area (Å²) in [4.78, 5) is 0. The summed E-state index contributed by atoms with van der Waals surface area (Å²) in [5, 5.41) is 0.731. The van der Waals surface area contributed by atoms with Crippen molar-refractivity contribution in [3.05, 3.63) is 34.9 Å². The average Bonchev–Trinajstić information content (AvgIpc) is 2.24. The lowest BCUT2D eigenvalue weighted by Crippen LogP contribution is -2.27. The Morgan fingerprint density at radius 2 is 2.33 bits per heavy atom. The smallest absolute Gasteiger partial charge is 0.0469 e. The summed E-state index contributed by atoms with van der Waals surface area (Å²) in [5.74, 6) is 11.4. The normalized spacial score (nSPS) is 11.7. The van der Waals surface area contributed by atoms with Crippen LogP contribution in [0.1, 0.15) is 31.4 Å². The van der Waals surface area contributed by atoms with Crippen LogP contribution in [-0.2, 0) is 0 Å². The molecule has 0 spiro atoms. The number of hydrogen-bond donors (Lipinski definition) is 2. The molecule has 1 aromatic rings. The largest absolute Gasteiger partial charge is 0.271 e. The van der Waals surface area contributed by atoms with Gasteiger partial charge in [-0.25, -0.2) is 0 Å². The molecule has 0 bridgehead atoms. The molecule has 3 N–H and O–H groups in total. The molecule has 0 aliphatic heterocycles. The third-order valence-corrected chi connectivity index (χ3v) is 2.42. The highest BCUT2D eigenvalue weighted by Gasteiger charge is 2.08. The first kappa shape index (κ1) is 12.1. The molecule has 0 heterocycles. The monoisotopic (exact) mass is 222 g/mol. The van der Waals surface area contributed by atoms with Crippen molar-refractivity contribution in [1.82, 2.24) is 5.43 Å². The van der Waals surface area contributed by atoms with Crippen molar-refractivity contribution in [3.63, 3.8) is 0 Å². The van der Waals surface area contributed by atoms with Crippen molar-refractivity contribution in [3.8, 4) is 11.8 Å². The molecular weight excluding hydrogens is 208 g/mol. The number of rotatable bonds is 4. The van der Waals surface area contributed by atoms with Gasteiger partial charge in [-0.1, -0.05) is 23.7 Å². The van der Waals surface area contributed by atoms with E-state index >= 15 is 0 Å². The van der Waals surface area contributed by atoms with E-state index in [2.05, 4.69) is 17.3 Å². The van der Waals surface area contributed by atoms with E-state index in [0.29, 0.717) is 0 Å². The molecule has 0 aliphatic rings. The molecule has 0 fully saturated rings. The summed E-state index contributed by atoms with van der Waals surface area (Å²) in [6, 6.07) is 7.82.